The summed E-state index contributed by atoms with van der Waals surface area (Å²) in [4.78, 5) is 2.30. The Morgan fingerprint density at radius 2 is 2.26 bits per heavy atom. The highest BCUT2D eigenvalue weighted by atomic mass is 16.5. The highest BCUT2D eigenvalue weighted by Crippen LogP contribution is 2.16. The van der Waals surface area contributed by atoms with Gasteiger partial charge in [-0.25, -0.2) is 0 Å². The third-order valence-corrected chi connectivity index (χ3v) is 3.56. The number of hydrogen-bond donors (Lipinski definition) is 2. The van der Waals surface area contributed by atoms with Crippen molar-refractivity contribution in [3.05, 3.63) is 29.8 Å². The van der Waals surface area contributed by atoms with Crippen molar-refractivity contribution in [1.82, 2.24) is 10.2 Å². The Bertz CT molecular complexity index is 397. The van der Waals surface area contributed by atoms with Crippen LogP contribution in [0, 0.1) is 6.92 Å². The molecule has 0 radical (unpaired) electrons. The normalized spacial score (nSPS) is 21.5. The molecule has 0 aromatic heterocycles. The molecule has 0 amide bonds. The van der Waals surface area contributed by atoms with Gasteiger partial charge in [-0.15, -0.1) is 0 Å². The van der Waals surface area contributed by atoms with Gasteiger partial charge < -0.3 is 20.1 Å². The minimum absolute atomic E-state index is 0.334. The van der Waals surface area contributed by atoms with E-state index >= 15 is 0 Å². The topological polar surface area (TPSA) is 44.7 Å². The zero-order valence-corrected chi connectivity index (χ0v) is 11.8. The third kappa shape index (κ3) is 4.49. The Morgan fingerprint density at radius 3 is 2.95 bits per heavy atom. The SMILES string of the molecule is Cc1ccccc1OCC(O)CNC1CCN(C)C1. The fraction of sp³-hybridized carbons (Fsp3) is 0.600. The summed E-state index contributed by atoms with van der Waals surface area (Å²) < 4.78 is 5.63. The summed E-state index contributed by atoms with van der Waals surface area (Å²) in [5.74, 6) is 0.849. The van der Waals surface area contributed by atoms with Gasteiger partial charge in [-0.2, -0.15) is 0 Å². The lowest BCUT2D eigenvalue weighted by Gasteiger charge is -2.17. The molecule has 2 atom stereocenters. The van der Waals surface area contributed by atoms with Gasteiger partial charge in [-0.1, -0.05) is 18.2 Å². The average Bonchev–Trinajstić information content (AvgIpc) is 2.81. The number of rotatable bonds is 6. The summed E-state index contributed by atoms with van der Waals surface area (Å²) in [7, 11) is 2.12. The molecule has 106 valence electrons. The van der Waals surface area contributed by atoms with Crippen LogP contribution in [0.15, 0.2) is 24.3 Å². The summed E-state index contributed by atoms with van der Waals surface area (Å²) in [5.41, 5.74) is 1.10. The van der Waals surface area contributed by atoms with Crippen LogP contribution in [0.3, 0.4) is 0 Å². The van der Waals surface area contributed by atoms with Crippen LogP contribution < -0.4 is 10.1 Å². The van der Waals surface area contributed by atoms with Gasteiger partial charge in [-0.05, 0) is 38.6 Å². The maximum Gasteiger partial charge on any atom is 0.122 e. The summed E-state index contributed by atoms with van der Waals surface area (Å²) in [6, 6.07) is 8.37. The molecule has 1 saturated heterocycles. The van der Waals surface area contributed by atoms with Gasteiger partial charge in [0, 0.05) is 19.1 Å². The van der Waals surface area contributed by atoms with Crippen LogP contribution in [-0.2, 0) is 0 Å². The number of aryl methyl sites for hydroxylation is 1. The number of likely N-dealkylation sites (tertiary alicyclic amines) is 1. The summed E-state index contributed by atoms with van der Waals surface area (Å²) in [5, 5.41) is 13.3. The number of ether oxygens (including phenoxy) is 1. The van der Waals surface area contributed by atoms with Gasteiger partial charge in [0.2, 0.25) is 0 Å². The molecule has 2 N–H and O–H groups in total. The van der Waals surface area contributed by atoms with Crippen LogP contribution in [0.25, 0.3) is 0 Å². The monoisotopic (exact) mass is 264 g/mol. The van der Waals surface area contributed by atoms with Gasteiger partial charge in [0.05, 0.1) is 0 Å². The lowest BCUT2D eigenvalue weighted by molar-refractivity contribution is 0.103. The highest BCUT2D eigenvalue weighted by molar-refractivity contribution is 5.31. The Kier molecular flexibility index (Phi) is 5.19. The van der Waals surface area contributed by atoms with Crippen LogP contribution in [0.2, 0.25) is 0 Å². The first-order valence-electron chi connectivity index (χ1n) is 6.93. The van der Waals surface area contributed by atoms with Crippen molar-refractivity contribution < 1.29 is 9.84 Å². The number of nitrogens with one attached hydrogen (secondary N) is 1. The predicted molar refractivity (Wildman–Crippen MR) is 76.6 cm³/mol. The molecule has 1 aromatic carbocycles. The number of aliphatic hydroxyl groups excluding tert-OH is 1. The summed E-state index contributed by atoms with van der Waals surface area (Å²) in [6.45, 7) is 5.12. The number of likely N-dealkylation sites (N-methyl/N-ethyl adjacent to an activating group) is 1. The maximum absolute atomic E-state index is 9.93. The molecule has 1 aliphatic heterocycles. The lowest BCUT2D eigenvalue weighted by Crippen LogP contribution is -2.39. The van der Waals surface area contributed by atoms with Crippen molar-refractivity contribution in [1.29, 1.82) is 0 Å². The van der Waals surface area contributed by atoms with E-state index in [1.807, 2.05) is 31.2 Å². The number of para-hydroxylation sites is 1. The second-order valence-electron chi connectivity index (χ2n) is 5.39. The van der Waals surface area contributed by atoms with Crippen LogP contribution >= 0.6 is 0 Å². The van der Waals surface area contributed by atoms with Gasteiger partial charge in [-0.3, -0.25) is 0 Å². The zero-order chi connectivity index (χ0) is 13.7. The summed E-state index contributed by atoms with van der Waals surface area (Å²) in [6.07, 6.45) is 0.688. The first kappa shape index (κ1) is 14.3. The molecule has 1 aromatic rings. The van der Waals surface area contributed by atoms with Crippen LogP contribution in [0.5, 0.6) is 5.75 Å². The van der Waals surface area contributed by atoms with Gasteiger partial charge in [0.1, 0.15) is 18.5 Å². The third-order valence-electron chi connectivity index (χ3n) is 3.56. The Morgan fingerprint density at radius 1 is 1.47 bits per heavy atom. The van der Waals surface area contributed by atoms with E-state index in [4.69, 9.17) is 4.74 Å². The van der Waals surface area contributed by atoms with Crippen molar-refractivity contribution in [2.24, 2.45) is 0 Å². The van der Waals surface area contributed by atoms with Crippen LogP contribution in [-0.4, -0.2) is 55.4 Å². The minimum Gasteiger partial charge on any atom is -0.491 e. The van der Waals surface area contributed by atoms with E-state index in [1.54, 1.807) is 0 Å². The zero-order valence-electron chi connectivity index (χ0n) is 11.8. The van der Waals surface area contributed by atoms with E-state index in [9.17, 15) is 5.11 Å². The molecular formula is C15H24N2O2. The Labute approximate surface area is 115 Å². The molecule has 0 spiro atoms. The first-order chi connectivity index (χ1) is 9.15. The van der Waals surface area contributed by atoms with E-state index in [1.165, 1.54) is 0 Å². The van der Waals surface area contributed by atoms with Crippen molar-refractivity contribution in [3.63, 3.8) is 0 Å². The number of benzene rings is 1. The van der Waals surface area contributed by atoms with Crippen molar-refractivity contribution >= 4 is 0 Å². The smallest absolute Gasteiger partial charge is 0.122 e. The molecule has 0 aliphatic carbocycles. The van der Waals surface area contributed by atoms with Crippen LogP contribution in [0.1, 0.15) is 12.0 Å². The molecule has 4 heteroatoms. The largest absolute Gasteiger partial charge is 0.491 e. The second kappa shape index (κ2) is 6.89. The van der Waals surface area contributed by atoms with E-state index in [0.29, 0.717) is 19.2 Å². The summed E-state index contributed by atoms with van der Waals surface area (Å²) >= 11 is 0. The molecule has 4 nitrogen and oxygen atoms in total. The van der Waals surface area contributed by atoms with Gasteiger partial charge in [0.25, 0.3) is 0 Å². The molecular weight excluding hydrogens is 240 g/mol. The van der Waals surface area contributed by atoms with Crippen molar-refractivity contribution in [2.75, 3.05) is 33.3 Å². The number of nitrogens with zero attached hydrogens (tertiary/aromatic N) is 1. The molecule has 2 rings (SSSR count). The molecule has 1 fully saturated rings. The lowest BCUT2D eigenvalue weighted by atomic mass is 10.2. The van der Waals surface area contributed by atoms with Crippen molar-refractivity contribution in [2.45, 2.75) is 25.5 Å². The fourth-order valence-corrected chi connectivity index (χ4v) is 2.37. The maximum atomic E-state index is 9.93. The average molecular weight is 264 g/mol. The quantitative estimate of drug-likeness (QED) is 0.805. The Hall–Kier alpha value is -1.10. The molecule has 1 aliphatic rings. The van der Waals surface area contributed by atoms with E-state index in [2.05, 4.69) is 17.3 Å². The van der Waals surface area contributed by atoms with Crippen molar-refractivity contribution in [3.8, 4) is 5.75 Å². The minimum atomic E-state index is -0.467. The van der Waals surface area contributed by atoms with Gasteiger partial charge >= 0.3 is 0 Å². The molecule has 2 unspecified atom stereocenters. The number of hydrogen-bond acceptors (Lipinski definition) is 4. The molecule has 0 saturated carbocycles. The number of aliphatic hydroxyl groups is 1. The van der Waals surface area contributed by atoms with E-state index in [0.717, 1.165) is 30.8 Å². The van der Waals surface area contributed by atoms with Gasteiger partial charge in [0.15, 0.2) is 0 Å². The van der Waals surface area contributed by atoms with E-state index in [-0.39, 0.29) is 0 Å². The first-order valence-corrected chi connectivity index (χ1v) is 6.93. The van der Waals surface area contributed by atoms with Crippen LogP contribution in [0.4, 0.5) is 0 Å². The Balaban J connectivity index is 1.67. The molecule has 19 heavy (non-hydrogen) atoms. The highest BCUT2D eigenvalue weighted by Gasteiger charge is 2.19. The second-order valence-corrected chi connectivity index (χ2v) is 5.39. The van der Waals surface area contributed by atoms with E-state index < -0.39 is 6.10 Å². The molecule has 0 bridgehead atoms. The molecule has 1 heterocycles. The fourth-order valence-electron chi connectivity index (χ4n) is 2.37. The standard InChI is InChI=1S/C15H24N2O2/c1-12-5-3-4-6-15(12)19-11-14(18)9-16-13-7-8-17(2)10-13/h3-6,13-14,16,18H,7-11H2,1-2H3. The predicted octanol–water partition coefficient (Wildman–Crippen LogP) is 1.03.